The number of fused-ring (bicyclic) bond motifs is 1. The van der Waals surface area contributed by atoms with E-state index < -0.39 is 0 Å². The van der Waals surface area contributed by atoms with Gasteiger partial charge in [0.15, 0.2) is 0 Å². The zero-order valence-electron chi connectivity index (χ0n) is 17.5. The molecular formula is C22H27Cl2N3O4. The summed E-state index contributed by atoms with van der Waals surface area (Å²) in [6, 6.07) is 5.98. The van der Waals surface area contributed by atoms with Gasteiger partial charge in [0.25, 0.3) is 0 Å². The van der Waals surface area contributed by atoms with Crippen LogP contribution in [-0.4, -0.2) is 68.2 Å². The second kappa shape index (κ2) is 9.77. The van der Waals surface area contributed by atoms with Crippen molar-refractivity contribution in [2.24, 2.45) is 0 Å². The summed E-state index contributed by atoms with van der Waals surface area (Å²) >= 11 is 12.8. The number of aliphatic hydroxyl groups is 1. The molecule has 9 heteroatoms. The predicted octanol–water partition coefficient (Wildman–Crippen LogP) is 3.66. The standard InChI is InChI=1S/C22H27Cl2N3O4/c1-30-20(29)7-10-31-13-14-3-2-8-27(14)19-11-18(26-9-6-15(28)12-26)16-4-5-17(23)21(24)22(16)25-19/h4-5,11,14-15,28H,2-3,6-10,12-13H2,1H3/t14-,15+/m0/s1. The maximum atomic E-state index is 11.3. The van der Waals surface area contributed by atoms with Crippen molar-refractivity contribution >= 4 is 51.6 Å². The molecule has 0 radical (unpaired) electrons. The zero-order chi connectivity index (χ0) is 22.0. The molecular weight excluding hydrogens is 441 g/mol. The molecule has 0 unspecified atom stereocenters. The minimum absolute atomic E-state index is 0.164. The van der Waals surface area contributed by atoms with Crippen LogP contribution in [0, 0.1) is 0 Å². The molecule has 7 nitrogen and oxygen atoms in total. The summed E-state index contributed by atoms with van der Waals surface area (Å²) in [6.45, 7) is 3.07. The smallest absolute Gasteiger partial charge is 0.307 e. The van der Waals surface area contributed by atoms with E-state index in [1.54, 1.807) is 6.07 Å². The summed E-state index contributed by atoms with van der Waals surface area (Å²) in [5.74, 6) is 0.551. The molecule has 2 aliphatic heterocycles. The molecule has 1 aromatic carbocycles. The fourth-order valence-electron chi connectivity index (χ4n) is 4.36. The van der Waals surface area contributed by atoms with Gasteiger partial charge in [0, 0.05) is 36.8 Å². The third kappa shape index (κ3) is 4.85. The Kier molecular flexibility index (Phi) is 7.06. The summed E-state index contributed by atoms with van der Waals surface area (Å²) in [5, 5.41) is 11.9. The van der Waals surface area contributed by atoms with Gasteiger partial charge in [-0.25, -0.2) is 4.98 Å². The second-order valence-corrected chi connectivity index (χ2v) is 8.82. The number of benzene rings is 1. The lowest BCUT2D eigenvalue weighted by molar-refractivity contribution is -0.141. The average molecular weight is 468 g/mol. The highest BCUT2D eigenvalue weighted by Crippen LogP contribution is 2.39. The van der Waals surface area contributed by atoms with E-state index in [0.717, 1.165) is 49.2 Å². The van der Waals surface area contributed by atoms with Gasteiger partial charge in [-0.15, -0.1) is 0 Å². The van der Waals surface area contributed by atoms with Crippen molar-refractivity contribution in [1.82, 2.24) is 4.98 Å². The van der Waals surface area contributed by atoms with E-state index in [-0.39, 0.29) is 24.5 Å². The van der Waals surface area contributed by atoms with E-state index in [9.17, 15) is 9.90 Å². The van der Waals surface area contributed by atoms with Gasteiger partial charge in [-0.3, -0.25) is 4.79 Å². The third-order valence-electron chi connectivity index (χ3n) is 6.00. The lowest BCUT2D eigenvalue weighted by atomic mass is 10.1. The molecule has 2 saturated heterocycles. The number of ether oxygens (including phenoxy) is 2. The largest absolute Gasteiger partial charge is 0.469 e. The first kappa shape index (κ1) is 22.4. The topological polar surface area (TPSA) is 75.1 Å². The van der Waals surface area contributed by atoms with Gasteiger partial charge >= 0.3 is 5.97 Å². The Morgan fingerprint density at radius 1 is 1.29 bits per heavy atom. The van der Waals surface area contributed by atoms with Crippen molar-refractivity contribution in [3.63, 3.8) is 0 Å². The molecule has 1 aromatic heterocycles. The lowest BCUT2D eigenvalue weighted by Gasteiger charge is -2.28. The molecule has 2 aliphatic rings. The van der Waals surface area contributed by atoms with Gasteiger partial charge in [-0.1, -0.05) is 23.2 Å². The first-order valence-electron chi connectivity index (χ1n) is 10.6. The number of nitrogens with zero attached hydrogens (tertiary/aromatic N) is 3. The van der Waals surface area contributed by atoms with Crippen molar-refractivity contribution in [3.8, 4) is 0 Å². The van der Waals surface area contributed by atoms with Gasteiger partial charge in [-0.2, -0.15) is 0 Å². The van der Waals surface area contributed by atoms with Crippen LogP contribution in [0.4, 0.5) is 11.5 Å². The van der Waals surface area contributed by atoms with E-state index in [1.807, 2.05) is 6.07 Å². The Hall–Kier alpha value is -1.80. The van der Waals surface area contributed by atoms with Crippen LogP contribution in [0.5, 0.6) is 0 Å². The Bertz CT molecular complexity index is 958. The fourth-order valence-corrected chi connectivity index (χ4v) is 4.72. The van der Waals surface area contributed by atoms with Crippen LogP contribution < -0.4 is 9.80 Å². The van der Waals surface area contributed by atoms with E-state index in [1.165, 1.54) is 7.11 Å². The molecule has 2 atom stereocenters. The number of hydrogen-bond donors (Lipinski definition) is 1. The highest BCUT2D eigenvalue weighted by Gasteiger charge is 2.29. The monoisotopic (exact) mass is 467 g/mol. The fraction of sp³-hybridized carbons (Fsp3) is 0.545. The summed E-state index contributed by atoms with van der Waals surface area (Å²) in [4.78, 5) is 20.6. The van der Waals surface area contributed by atoms with Crippen LogP contribution in [0.2, 0.25) is 10.0 Å². The Morgan fingerprint density at radius 3 is 2.87 bits per heavy atom. The molecule has 0 amide bonds. The van der Waals surface area contributed by atoms with Crippen LogP contribution in [-0.2, 0) is 14.3 Å². The molecule has 31 heavy (non-hydrogen) atoms. The van der Waals surface area contributed by atoms with Crippen LogP contribution in [0.3, 0.4) is 0 Å². The van der Waals surface area contributed by atoms with Crippen molar-refractivity contribution < 1.29 is 19.4 Å². The van der Waals surface area contributed by atoms with Crippen molar-refractivity contribution in [2.75, 3.05) is 49.8 Å². The second-order valence-electron chi connectivity index (χ2n) is 8.04. The first-order valence-corrected chi connectivity index (χ1v) is 11.4. The number of β-amino-alcohol motifs (C(OH)–C–C–N with tert-alkyl or cyclic N) is 1. The third-order valence-corrected chi connectivity index (χ3v) is 6.80. The van der Waals surface area contributed by atoms with Crippen LogP contribution in [0.25, 0.3) is 10.9 Å². The highest BCUT2D eigenvalue weighted by molar-refractivity contribution is 6.45. The number of aliphatic hydroxyl groups excluding tert-OH is 1. The van der Waals surface area contributed by atoms with Crippen LogP contribution in [0.15, 0.2) is 18.2 Å². The average Bonchev–Trinajstić information content (AvgIpc) is 3.42. The van der Waals surface area contributed by atoms with Crippen molar-refractivity contribution in [2.45, 2.75) is 37.8 Å². The van der Waals surface area contributed by atoms with E-state index in [4.69, 9.17) is 32.9 Å². The number of aromatic nitrogens is 1. The number of carbonyl (C=O) groups is 1. The Balaban J connectivity index is 1.61. The number of methoxy groups -OCH3 is 1. The summed E-state index contributed by atoms with van der Waals surface area (Å²) in [5.41, 5.74) is 1.67. The van der Waals surface area contributed by atoms with Crippen LogP contribution >= 0.6 is 23.2 Å². The van der Waals surface area contributed by atoms with Crippen molar-refractivity contribution in [3.05, 3.63) is 28.2 Å². The molecule has 0 saturated carbocycles. The number of halogens is 2. The van der Waals surface area contributed by atoms with Gasteiger partial charge in [0.2, 0.25) is 0 Å². The predicted molar refractivity (Wildman–Crippen MR) is 122 cm³/mol. The summed E-state index contributed by atoms with van der Waals surface area (Å²) < 4.78 is 10.4. The molecule has 168 valence electrons. The molecule has 2 fully saturated rings. The lowest BCUT2D eigenvalue weighted by Crippen LogP contribution is -2.34. The van der Waals surface area contributed by atoms with Gasteiger partial charge in [-0.05, 0) is 31.4 Å². The van der Waals surface area contributed by atoms with Gasteiger partial charge in [0.05, 0.1) is 54.5 Å². The number of hydrogen-bond acceptors (Lipinski definition) is 7. The van der Waals surface area contributed by atoms with Gasteiger partial charge in [0.1, 0.15) is 5.82 Å². The number of pyridine rings is 1. The zero-order valence-corrected chi connectivity index (χ0v) is 19.0. The number of anilines is 2. The quantitative estimate of drug-likeness (QED) is 0.491. The van der Waals surface area contributed by atoms with E-state index in [0.29, 0.717) is 35.3 Å². The van der Waals surface area contributed by atoms with Gasteiger partial charge < -0.3 is 24.4 Å². The van der Waals surface area contributed by atoms with Crippen LogP contribution in [0.1, 0.15) is 25.7 Å². The number of rotatable bonds is 7. The molecule has 2 aromatic rings. The highest BCUT2D eigenvalue weighted by atomic mass is 35.5. The van der Waals surface area contributed by atoms with E-state index in [2.05, 4.69) is 20.6 Å². The maximum Gasteiger partial charge on any atom is 0.307 e. The number of carbonyl (C=O) groups excluding carboxylic acids is 1. The first-order chi connectivity index (χ1) is 15.0. The van der Waals surface area contributed by atoms with E-state index >= 15 is 0 Å². The molecule has 3 heterocycles. The summed E-state index contributed by atoms with van der Waals surface area (Å²) in [7, 11) is 1.38. The molecule has 0 spiro atoms. The SMILES string of the molecule is COC(=O)CCOC[C@@H]1CCCN1c1cc(N2CC[C@@H](O)C2)c2ccc(Cl)c(Cl)c2n1. The normalized spacial score (nSPS) is 21.3. The Morgan fingerprint density at radius 2 is 2.13 bits per heavy atom. The molecule has 0 aliphatic carbocycles. The maximum absolute atomic E-state index is 11.3. The molecule has 1 N–H and O–H groups in total. The Labute approximate surface area is 191 Å². The molecule has 0 bridgehead atoms. The number of esters is 1. The van der Waals surface area contributed by atoms with Crippen molar-refractivity contribution in [1.29, 1.82) is 0 Å². The molecule has 4 rings (SSSR count). The summed E-state index contributed by atoms with van der Waals surface area (Å²) in [6.07, 6.45) is 2.66. The minimum Gasteiger partial charge on any atom is -0.469 e. The minimum atomic E-state index is -0.336.